The molecule has 1 aliphatic rings. The Morgan fingerprint density at radius 2 is 2.07 bits per heavy atom. The van der Waals surface area contributed by atoms with E-state index in [9.17, 15) is 0 Å². The van der Waals surface area contributed by atoms with Crippen LogP contribution in [0.1, 0.15) is 12.0 Å². The van der Waals surface area contributed by atoms with E-state index in [0.717, 1.165) is 25.2 Å². The van der Waals surface area contributed by atoms with E-state index in [1.807, 2.05) is 30.5 Å². The largest absolute Gasteiger partial charge is 0.411 e. The lowest BCUT2D eigenvalue weighted by atomic mass is 10.1. The molecule has 15 heavy (non-hydrogen) atoms. The zero-order valence-electron chi connectivity index (χ0n) is 8.50. The molecule has 0 bridgehead atoms. The van der Waals surface area contributed by atoms with E-state index >= 15 is 0 Å². The van der Waals surface area contributed by atoms with Crippen LogP contribution in [-0.2, 0) is 6.54 Å². The highest BCUT2D eigenvalue weighted by Gasteiger charge is 2.08. The van der Waals surface area contributed by atoms with Crippen LogP contribution in [0.15, 0.2) is 47.8 Å². The first kappa shape index (κ1) is 9.77. The van der Waals surface area contributed by atoms with Crippen LogP contribution in [0.25, 0.3) is 0 Å². The van der Waals surface area contributed by atoms with Gasteiger partial charge >= 0.3 is 0 Å². The molecule has 0 unspecified atom stereocenters. The van der Waals surface area contributed by atoms with Gasteiger partial charge in [0, 0.05) is 25.7 Å². The standard InChI is InChI=1S/C12H14N2O/c15-13-12-6-8-14(9-7-12)10-11-4-2-1-3-5-11/h1-6,8,15H,7,9-10H2/b13-12+. The summed E-state index contributed by atoms with van der Waals surface area (Å²) in [5.74, 6) is 0. The topological polar surface area (TPSA) is 35.8 Å². The molecular formula is C12H14N2O. The Kier molecular flexibility index (Phi) is 3.02. The van der Waals surface area contributed by atoms with Crippen LogP contribution >= 0.6 is 0 Å². The van der Waals surface area contributed by atoms with Crippen molar-refractivity contribution >= 4 is 5.71 Å². The van der Waals surface area contributed by atoms with Crippen molar-refractivity contribution in [2.45, 2.75) is 13.0 Å². The summed E-state index contributed by atoms with van der Waals surface area (Å²) >= 11 is 0. The first-order valence-electron chi connectivity index (χ1n) is 5.05. The molecule has 1 aromatic rings. The fourth-order valence-electron chi connectivity index (χ4n) is 1.64. The van der Waals surface area contributed by atoms with E-state index in [2.05, 4.69) is 22.2 Å². The zero-order valence-corrected chi connectivity index (χ0v) is 8.50. The number of benzene rings is 1. The number of nitrogens with zero attached hydrogens (tertiary/aromatic N) is 2. The molecule has 3 heteroatoms. The third-order valence-corrected chi connectivity index (χ3v) is 2.49. The fraction of sp³-hybridized carbons (Fsp3) is 0.250. The van der Waals surface area contributed by atoms with Gasteiger partial charge in [0.25, 0.3) is 0 Å². The van der Waals surface area contributed by atoms with Crippen LogP contribution in [-0.4, -0.2) is 22.4 Å². The minimum atomic E-state index is 0.749. The van der Waals surface area contributed by atoms with Crippen LogP contribution in [0.5, 0.6) is 0 Å². The number of hydrogen-bond donors (Lipinski definition) is 1. The van der Waals surface area contributed by atoms with Gasteiger partial charge in [0.2, 0.25) is 0 Å². The third kappa shape index (κ3) is 2.59. The van der Waals surface area contributed by atoms with Gasteiger partial charge in [-0.3, -0.25) is 0 Å². The van der Waals surface area contributed by atoms with Gasteiger partial charge in [-0.15, -0.1) is 0 Å². The normalized spacial score (nSPS) is 18.4. The monoisotopic (exact) mass is 202 g/mol. The van der Waals surface area contributed by atoms with Crippen molar-refractivity contribution in [3.63, 3.8) is 0 Å². The molecule has 0 saturated carbocycles. The molecule has 0 aliphatic carbocycles. The molecule has 0 radical (unpaired) electrons. The number of hydrogen-bond acceptors (Lipinski definition) is 3. The molecule has 0 atom stereocenters. The Hall–Kier alpha value is -1.77. The van der Waals surface area contributed by atoms with E-state index in [1.54, 1.807) is 0 Å². The average molecular weight is 202 g/mol. The molecule has 0 saturated heterocycles. The first-order chi connectivity index (χ1) is 7.38. The molecule has 2 rings (SSSR count). The van der Waals surface area contributed by atoms with Crippen molar-refractivity contribution in [3.8, 4) is 0 Å². The highest BCUT2D eigenvalue weighted by Crippen LogP contribution is 2.09. The molecule has 0 aromatic heterocycles. The van der Waals surface area contributed by atoms with Crippen LogP contribution < -0.4 is 0 Å². The van der Waals surface area contributed by atoms with Gasteiger partial charge in [-0.2, -0.15) is 0 Å². The highest BCUT2D eigenvalue weighted by atomic mass is 16.4. The Morgan fingerprint density at radius 3 is 2.67 bits per heavy atom. The molecule has 0 spiro atoms. The molecule has 3 nitrogen and oxygen atoms in total. The second kappa shape index (κ2) is 4.64. The summed E-state index contributed by atoms with van der Waals surface area (Å²) in [5.41, 5.74) is 2.05. The average Bonchev–Trinajstić information content (AvgIpc) is 2.31. The number of allylic oxidation sites excluding steroid dienone is 1. The lowest BCUT2D eigenvalue weighted by molar-refractivity contribution is 0.313. The smallest absolute Gasteiger partial charge is 0.0827 e. The van der Waals surface area contributed by atoms with E-state index < -0.39 is 0 Å². The lowest BCUT2D eigenvalue weighted by Crippen LogP contribution is -2.24. The maximum Gasteiger partial charge on any atom is 0.0827 e. The minimum Gasteiger partial charge on any atom is -0.411 e. The molecule has 1 aromatic carbocycles. The second-order valence-corrected chi connectivity index (χ2v) is 3.61. The van der Waals surface area contributed by atoms with Crippen LogP contribution in [0, 0.1) is 0 Å². The number of rotatable bonds is 2. The Bertz CT molecular complexity index is 370. The molecule has 0 amide bonds. The Morgan fingerprint density at radius 1 is 1.27 bits per heavy atom. The summed E-state index contributed by atoms with van der Waals surface area (Å²) in [6.45, 7) is 1.82. The van der Waals surface area contributed by atoms with E-state index in [0.29, 0.717) is 0 Å². The van der Waals surface area contributed by atoms with Crippen molar-refractivity contribution in [1.82, 2.24) is 4.90 Å². The maximum atomic E-state index is 8.59. The van der Waals surface area contributed by atoms with E-state index in [4.69, 9.17) is 5.21 Å². The van der Waals surface area contributed by atoms with Gasteiger partial charge in [0.15, 0.2) is 0 Å². The summed E-state index contributed by atoms with van der Waals surface area (Å²) < 4.78 is 0. The molecular weight excluding hydrogens is 188 g/mol. The van der Waals surface area contributed by atoms with Crippen LogP contribution in [0.2, 0.25) is 0 Å². The number of oxime groups is 1. The minimum absolute atomic E-state index is 0.749. The van der Waals surface area contributed by atoms with Gasteiger partial charge in [0.1, 0.15) is 0 Å². The summed E-state index contributed by atoms with van der Waals surface area (Å²) in [6.07, 6.45) is 4.64. The Balaban J connectivity index is 1.98. The third-order valence-electron chi connectivity index (χ3n) is 2.49. The molecule has 1 N–H and O–H groups in total. The van der Waals surface area contributed by atoms with Gasteiger partial charge in [-0.1, -0.05) is 35.5 Å². The second-order valence-electron chi connectivity index (χ2n) is 3.61. The zero-order chi connectivity index (χ0) is 10.5. The highest BCUT2D eigenvalue weighted by molar-refractivity contribution is 5.95. The molecule has 1 aliphatic heterocycles. The van der Waals surface area contributed by atoms with Crippen LogP contribution in [0.3, 0.4) is 0 Å². The summed E-state index contributed by atoms with van der Waals surface area (Å²) in [4.78, 5) is 2.21. The fourth-order valence-corrected chi connectivity index (χ4v) is 1.64. The van der Waals surface area contributed by atoms with Crippen LogP contribution in [0.4, 0.5) is 0 Å². The molecule has 78 valence electrons. The predicted octanol–water partition coefficient (Wildman–Crippen LogP) is 2.24. The van der Waals surface area contributed by atoms with Gasteiger partial charge in [-0.25, -0.2) is 0 Å². The SMILES string of the molecule is O/N=C1\C=CN(Cc2ccccc2)CC1. The van der Waals surface area contributed by atoms with Gasteiger partial charge in [-0.05, 0) is 11.6 Å². The first-order valence-corrected chi connectivity index (χ1v) is 5.05. The van der Waals surface area contributed by atoms with Crippen molar-refractivity contribution in [2.75, 3.05) is 6.54 Å². The van der Waals surface area contributed by atoms with E-state index in [-0.39, 0.29) is 0 Å². The van der Waals surface area contributed by atoms with Crippen molar-refractivity contribution in [3.05, 3.63) is 48.2 Å². The van der Waals surface area contributed by atoms with Gasteiger partial charge in [0.05, 0.1) is 5.71 Å². The summed E-state index contributed by atoms with van der Waals surface area (Å²) in [6, 6.07) is 10.3. The van der Waals surface area contributed by atoms with E-state index in [1.165, 1.54) is 5.56 Å². The van der Waals surface area contributed by atoms with Crippen molar-refractivity contribution in [1.29, 1.82) is 0 Å². The van der Waals surface area contributed by atoms with Crippen molar-refractivity contribution < 1.29 is 5.21 Å². The maximum absolute atomic E-state index is 8.59. The Labute approximate surface area is 89.3 Å². The summed E-state index contributed by atoms with van der Waals surface area (Å²) in [5, 5.41) is 11.8. The molecule has 1 heterocycles. The predicted molar refractivity (Wildman–Crippen MR) is 59.8 cm³/mol. The van der Waals surface area contributed by atoms with Gasteiger partial charge < -0.3 is 10.1 Å². The quantitative estimate of drug-likeness (QED) is 0.589. The molecule has 0 fully saturated rings. The summed E-state index contributed by atoms with van der Waals surface area (Å²) in [7, 11) is 0. The lowest BCUT2D eigenvalue weighted by Gasteiger charge is -2.23. The van der Waals surface area contributed by atoms with Crippen molar-refractivity contribution in [2.24, 2.45) is 5.16 Å².